The van der Waals surface area contributed by atoms with Gasteiger partial charge in [0.05, 0.1) is 5.69 Å². The largest absolute Gasteiger partial charge is 0.298 e. The minimum Gasteiger partial charge on any atom is -0.298 e. The Labute approximate surface area is 132 Å². The number of carbonyl (C=O) groups is 1. The molecule has 1 aliphatic rings. The highest BCUT2D eigenvalue weighted by Crippen LogP contribution is 2.29. The molecule has 1 aliphatic carbocycles. The van der Waals surface area contributed by atoms with E-state index in [1.54, 1.807) is 29.5 Å². The lowest BCUT2D eigenvalue weighted by Crippen LogP contribution is -2.07. The van der Waals surface area contributed by atoms with Crippen LogP contribution in [0.25, 0.3) is 6.08 Å². The minimum absolute atomic E-state index is 0.156. The van der Waals surface area contributed by atoms with Crippen LogP contribution in [0.2, 0.25) is 5.02 Å². The molecule has 5 heteroatoms. The van der Waals surface area contributed by atoms with Gasteiger partial charge in [0.15, 0.2) is 5.13 Å². The quantitative estimate of drug-likeness (QED) is 0.856. The van der Waals surface area contributed by atoms with Crippen molar-refractivity contribution >= 4 is 40.1 Å². The number of aromatic nitrogens is 1. The van der Waals surface area contributed by atoms with Gasteiger partial charge in [0.1, 0.15) is 0 Å². The Morgan fingerprint density at radius 2 is 2.00 bits per heavy atom. The van der Waals surface area contributed by atoms with Crippen molar-refractivity contribution in [2.24, 2.45) is 0 Å². The highest BCUT2D eigenvalue weighted by atomic mass is 35.5. The lowest BCUT2D eigenvalue weighted by molar-refractivity contribution is -0.111. The number of hydrogen-bond acceptors (Lipinski definition) is 3. The van der Waals surface area contributed by atoms with Crippen molar-refractivity contribution in [1.82, 2.24) is 4.98 Å². The molecule has 0 bridgehead atoms. The van der Waals surface area contributed by atoms with Crippen LogP contribution in [-0.2, 0) is 17.6 Å². The number of halogens is 1. The zero-order valence-corrected chi connectivity index (χ0v) is 13.0. The third kappa shape index (κ3) is 3.71. The summed E-state index contributed by atoms with van der Waals surface area (Å²) in [6, 6.07) is 7.34. The summed E-state index contributed by atoms with van der Waals surface area (Å²) < 4.78 is 0. The van der Waals surface area contributed by atoms with Gasteiger partial charge in [-0.05, 0) is 49.5 Å². The van der Waals surface area contributed by atoms with Gasteiger partial charge in [-0.25, -0.2) is 4.98 Å². The molecule has 1 heterocycles. The molecule has 1 amide bonds. The monoisotopic (exact) mass is 318 g/mol. The molecule has 0 saturated carbocycles. The molecule has 0 unspecified atom stereocenters. The first-order chi connectivity index (χ1) is 10.2. The van der Waals surface area contributed by atoms with Gasteiger partial charge in [0.2, 0.25) is 5.91 Å². The zero-order chi connectivity index (χ0) is 14.7. The number of aryl methyl sites for hydroxylation is 2. The molecular formula is C16H15ClN2OS. The van der Waals surface area contributed by atoms with Crippen molar-refractivity contribution in [3.8, 4) is 0 Å². The zero-order valence-electron chi connectivity index (χ0n) is 11.4. The van der Waals surface area contributed by atoms with Gasteiger partial charge in [0, 0.05) is 16.0 Å². The maximum atomic E-state index is 11.9. The highest BCUT2D eigenvalue weighted by Gasteiger charge is 2.15. The molecule has 0 aliphatic heterocycles. The summed E-state index contributed by atoms with van der Waals surface area (Å²) in [4.78, 5) is 17.7. The smallest absolute Gasteiger partial charge is 0.250 e. The van der Waals surface area contributed by atoms with E-state index in [-0.39, 0.29) is 5.91 Å². The fourth-order valence-electron chi connectivity index (χ4n) is 2.30. The SMILES string of the molecule is O=C(/C=C/c1ccc(Cl)cc1)Nc1nc2c(s1)CCCC2. The molecule has 3 rings (SSSR count). The van der Waals surface area contributed by atoms with Gasteiger partial charge >= 0.3 is 0 Å². The van der Waals surface area contributed by atoms with E-state index in [2.05, 4.69) is 10.3 Å². The van der Waals surface area contributed by atoms with Gasteiger partial charge in [-0.1, -0.05) is 23.7 Å². The lowest BCUT2D eigenvalue weighted by atomic mass is 10.0. The number of hydrogen-bond donors (Lipinski definition) is 1. The molecule has 2 aromatic rings. The molecule has 0 spiro atoms. The van der Waals surface area contributed by atoms with Crippen LogP contribution in [0.15, 0.2) is 30.3 Å². The second kappa shape index (κ2) is 6.41. The topological polar surface area (TPSA) is 42.0 Å². The molecule has 1 aromatic carbocycles. The van der Waals surface area contributed by atoms with Gasteiger partial charge in [0.25, 0.3) is 0 Å². The summed E-state index contributed by atoms with van der Waals surface area (Å²) in [5, 5.41) is 4.22. The number of amides is 1. The van der Waals surface area contributed by atoms with E-state index in [4.69, 9.17) is 11.6 Å². The van der Waals surface area contributed by atoms with Gasteiger partial charge in [-0.15, -0.1) is 11.3 Å². The highest BCUT2D eigenvalue weighted by molar-refractivity contribution is 7.15. The molecule has 3 nitrogen and oxygen atoms in total. The number of anilines is 1. The Bertz CT molecular complexity index is 653. The number of benzene rings is 1. The fourth-order valence-corrected chi connectivity index (χ4v) is 3.48. The summed E-state index contributed by atoms with van der Waals surface area (Å²) in [7, 11) is 0. The molecule has 0 atom stereocenters. The summed E-state index contributed by atoms with van der Waals surface area (Å²) in [6.45, 7) is 0. The van der Waals surface area contributed by atoms with Crippen molar-refractivity contribution in [3.05, 3.63) is 51.5 Å². The summed E-state index contributed by atoms with van der Waals surface area (Å²) in [5.74, 6) is -0.156. The first kappa shape index (κ1) is 14.3. The van der Waals surface area contributed by atoms with E-state index in [9.17, 15) is 4.79 Å². The van der Waals surface area contributed by atoms with Crippen LogP contribution in [-0.4, -0.2) is 10.9 Å². The third-order valence-electron chi connectivity index (χ3n) is 3.37. The summed E-state index contributed by atoms with van der Waals surface area (Å²) in [5.41, 5.74) is 2.09. The first-order valence-electron chi connectivity index (χ1n) is 6.94. The second-order valence-corrected chi connectivity index (χ2v) is 6.49. The molecular weight excluding hydrogens is 304 g/mol. The fraction of sp³-hybridized carbons (Fsp3) is 0.250. The first-order valence-corrected chi connectivity index (χ1v) is 8.13. The number of rotatable bonds is 3. The number of carbonyl (C=O) groups excluding carboxylic acids is 1. The van der Waals surface area contributed by atoms with Crippen molar-refractivity contribution < 1.29 is 4.79 Å². The van der Waals surface area contributed by atoms with Crippen LogP contribution in [0, 0.1) is 0 Å². The Morgan fingerprint density at radius 1 is 1.24 bits per heavy atom. The Kier molecular flexibility index (Phi) is 4.36. The maximum absolute atomic E-state index is 11.9. The molecule has 21 heavy (non-hydrogen) atoms. The van der Waals surface area contributed by atoms with Crippen LogP contribution in [0.3, 0.4) is 0 Å². The van der Waals surface area contributed by atoms with Gasteiger partial charge in [-0.3, -0.25) is 10.1 Å². The van der Waals surface area contributed by atoms with E-state index < -0.39 is 0 Å². The molecule has 108 valence electrons. The van der Waals surface area contributed by atoms with Crippen molar-refractivity contribution in [1.29, 1.82) is 0 Å². The minimum atomic E-state index is -0.156. The number of nitrogens with zero attached hydrogens (tertiary/aromatic N) is 1. The Hall–Kier alpha value is -1.65. The average molecular weight is 319 g/mol. The second-order valence-electron chi connectivity index (χ2n) is 4.97. The predicted octanol–water partition coefficient (Wildman–Crippen LogP) is 4.33. The van der Waals surface area contributed by atoms with Gasteiger partial charge in [-0.2, -0.15) is 0 Å². The van der Waals surface area contributed by atoms with Crippen LogP contribution in [0.4, 0.5) is 5.13 Å². The summed E-state index contributed by atoms with van der Waals surface area (Å²) in [6.07, 6.45) is 7.81. The van der Waals surface area contributed by atoms with Crippen LogP contribution in [0.5, 0.6) is 0 Å². The Morgan fingerprint density at radius 3 is 2.76 bits per heavy atom. The molecule has 1 N–H and O–H groups in total. The average Bonchev–Trinajstić information content (AvgIpc) is 2.88. The Balaban J connectivity index is 1.63. The molecule has 0 fully saturated rings. The van der Waals surface area contributed by atoms with Crippen LogP contribution < -0.4 is 5.32 Å². The summed E-state index contributed by atoms with van der Waals surface area (Å²) >= 11 is 7.41. The predicted molar refractivity (Wildman–Crippen MR) is 87.9 cm³/mol. The standard InChI is InChI=1S/C16H15ClN2OS/c17-12-8-5-11(6-9-12)7-10-15(20)19-16-18-13-3-1-2-4-14(13)21-16/h5-10H,1-4H2,(H,18,19,20)/b10-7+. The van der Waals surface area contributed by atoms with Crippen molar-refractivity contribution in [2.75, 3.05) is 5.32 Å². The third-order valence-corrected chi connectivity index (χ3v) is 4.70. The molecule has 0 radical (unpaired) electrons. The van der Waals surface area contributed by atoms with Gasteiger partial charge < -0.3 is 0 Å². The van der Waals surface area contributed by atoms with E-state index in [1.165, 1.54) is 23.8 Å². The van der Waals surface area contributed by atoms with E-state index >= 15 is 0 Å². The lowest BCUT2D eigenvalue weighted by Gasteiger charge is -2.06. The molecule has 1 aromatic heterocycles. The van der Waals surface area contributed by atoms with Crippen molar-refractivity contribution in [2.45, 2.75) is 25.7 Å². The number of thiazole rings is 1. The number of fused-ring (bicyclic) bond motifs is 1. The van der Waals surface area contributed by atoms with Crippen molar-refractivity contribution in [3.63, 3.8) is 0 Å². The molecule has 0 saturated heterocycles. The van der Waals surface area contributed by atoms with Crippen LogP contribution >= 0.6 is 22.9 Å². The van der Waals surface area contributed by atoms with Crippen LogP contribution in [0.1, 0.15) is 29.0 Å². The number of nitrogens with one attached hydrogen (secondary N) is 1. The maximum Gasteiger partial charge on any atom is 0.250 e. The van der Waals surface area contributed by atoms with E-state index in [0.29, 0.717) is 10.2 Å². The normalized spacial score (nSPS) is 14.1. The van der Waals surface area contributed by atoms with E-state index in [0.717, 1.165) is 24.1 Å². The van der Waals surface area contributed by atoms with E-state index in [1.807, 2.05) is 12.1 Å².